The average molecular weight is 569 g/mol. The fourth-order valence-corrected chi connectivity index (χ4v) is 5.07. The first-order valence-electron chi connectivity index (χ1n) is 13.0. The van der Waals surface area contributed by atoms with Crippen LogP contribution in [0.1, 0.15) is 19.8 Å². The van der Waals surface area contributed by atoms with E-state index in [1.807, 2.05) is 0 Å². The lowest BCUT2D eigenvalue weighted by Crippen LogP contribution is -2.70. The van der Waals surface area contributed by atoms with Gasteiger partial charge >= 0.3 is 0 Å². The SMILES string of the molecule is C[C@H]1O[C@H](O[C@@H]2[C@@H](O)[C@H](O[C@H]3O[C@H](CN)[C@@H](O)[C@H](O)[C@H]3N)[C@@H](N)C[C@H]2NC(=O)[C@@H](O)CCN)[C@H](O)[C@@H](N)[C@@H]1O. The molecule has 1 aliphatic carbocycles. The summed E-state index contributed by atoms with van der Waals surface area (Å²) in [5.41, 5.74) is 29.2. The third-order valence-electron chi connectivity index (χ3n) is 7.55. The number of carbonyl (C=O) groups excluding carboxylic acids is 1. The van der Waals surface area contributed by atoms with Gasteiger partial charge in [0.2, 0.25) is 5.91 Å². The van der Waals surface area contributed by atoms with Crippen LogP contribution in [0.25, 0.3) is 0 Å². The van der Waals surface area contributed by atoms with Crippen molar-refractivity contribution in [1.29, 1.82) is 0 Å². The van der Waals surface area contributed by atoms with Gasteiger partial charge in [0.25, 0.3) is 0 Å². The second kappa shape index (κ2) is 13.7. The number of nitrogens with one attached hydrogen (secondary N) is 1. The predicted molar refractivity (Wildman–Crippen MR) is 132 cm³/mol. The molecule has 2 saturated heterocycles. The topological polar surface area (TPSA) is 318 Å². The predicted octanol–water partition coefficient (Wildman–Crippen LogP) is -7.43. The minimum absolute atomic E-state index is 0.0213. The highest BCUT2D eigenvalue weighted by Gasteiger charge is 2.52. The van der Waals surface area contributed by atoms with Gasteiger partial charge in [-0.3, -0.25) is 4.79 Å². The van der Waals surface area contributed by atoms with Gasteiger partial charge in [0, 0.05) is 12.6 Å². The molecule has 17 N–H and O–H groups in total. The summed E-state index contributed by atoms with van der Waals surface area (Å²) in [5, 5.41) is 65.2. The highest BCUT2D eigenvalue weighted by Crippen LogP contribution is 2.31. The Bertz CT molecular complexity index is 802. The fourth-order valence-electron chi connectivity index (χ4n) is 5.07. The summed E-state index contributed by atoms with van der Waals surface area (Å²) in [6.07, 6.45) is -15.8. The summed E-state index contributed by atoms with van der Waals surface area (Å²) >= 11 is 0. The molecule has 16 atom stereocenters. The molecule has 0 aromatic heterocycles. The summed E-state index contributed by atoms with van der Waals surface area (Å²) in [6, 6.07) is -4.32. The van der Waals surface area contributed by atoms with E-state index in [1.165, 1.54) is 6.92 Å². The lowest BCUT2D eigenvalue weighted by Gasteiger charge is -2.49. The van der Waals surface area contributed by atoms with E-state index in [9.17, 15) is 35.4 Å². The monoisotopic (exact) mass is 568 g/mol. The molecule has 17 nitrogen and oxygen atoms in total. The first-order chi connectivity index (χ1) is 18.3. The van der Waals surface area contributed by atoms with Crippen LogP contribution in [-0.4, -0.2) is 147 Å². The molecule has 2 heterocycles. The van der Waals surface area contributed by atoms with E-state index in [4.69, 9.17) is 47.6 Å². The fraction of sp³-hybridized carbons (Fsp3) is 0.955. The largest absolute Gasteiger partial charge is 0.389 e. The number of amides is 1. The molecule has 3 fully saturated rings. The molecule has 0 bridgehead atoms. The summed E-state index contributed by atoms with van der Waals surface area (Å²) in [7, 11) is 0. The molecule has 3 aliphatic rings. The zero-order valence-corrected chi connectivity index (χ0v) is 21.7. The van der Waals surface area contributed by atoms with Crippen LogP contribution in [0.15, 0.2) is 0 Å². The molecular formula is C22H44N6O11. The van der Waals surface area contributed by atoms with Crippen LogP contribution in [0, 0.1) is 0 Å². The summed E-state index contributed by atoms with van der Waals surface area (Å²) in [4.78, 5) is 12.6. The number of rotatable bonds is 9. The average Bonchev–Trinajstić information content (AvgIpc) is 2.90. The lowest BCUT2D eigenvalue weighted by atomic mass is 9.83. The van der Waals surface area contributed by atoms with Crippen LogP contribution in [0.4, 0.5) is 0 Å². The Morgan fingerprint density at radius 3 is 2.15 bits per heavy atom. The summed E-state index contributed by atoms with van der Waals surface area (Å²) in [5.74, 6) is -0.788. The number of carbonyl (C=O) groups is 1. The minimum Gasteiger partial charge on any atom is -0.389 e. The highest BCUT2D eigenvalue weighted by molar-refractivity contribution is 5.80. The Hall–Kier alpha value is -1.13. The van der Waals surface area contributed by atoms with Crippen molar-refractivity contribution >= 4 is 5.91 Å². The Morgan fingerprint density at radius 1 is 0.897 bits per heavy atom. The normalized spacial score (nSPS) is 47.9. The highest BCUT2D eigenvalue weighted by atomic mass is 16.7. The Morgan fingerprint density at radius 2 is 1.54 bits per heavy atom. The molecule has 228 valence electrons. The maximum Gasteiger partial charge on any atom is 0.249 e. The van der Waals surface area contributed by atoms with Gasteiger partial charge in [-0.15, -0.1) is 0 Å². The maximum atomic E-state index is 12.6. The van der Waals surface area contributed by atoms with Gasteiger partial charge in [-0.1, -0.05) is 0 Å². The molecule has 39 heavy (non-hydrogen) atoms. The van der Waals surface area contributed by atoms with Crippen molar-refractivity contribution < 1.29 is 54.4 Å². The van der Waals surface area contributed by atoms with Crippen LogP contribution < -0.4 is 34.0 Å². The number of hydrogen-bond donors (Lipinski definition) is 12. The van der Waals surface area contributed by atoms with Gasteiger partial charge in [-0.05, 0) is 26.3 Å². The Labute approximate surface area is 225 Å². The molecule has 1 saturated carbocycles. The van der Waals surface area contributed by atoms with Gasteiger partial charge in [0.1, 0.15) is 48.8 Å². The lowest BCUT2D eigenvalue weighted by molar-refractivity contribution is -0.316. The number of aliphatic hydroxyl groups excluding tert-OH is 6. The van der Waals surface area contributed by atoms with Gasteiger partial charge in [-0.2, -0.15) is 0 Å². The van der Waals surface area contributed by atoms with Crippen LogP contribution in [0.3, 0.4) is 0 Å². The third kappa shape index (κ3) is 7.03. The molecule has 1 amide bonds. The van der Waals surface area contributed by atoms with Crippen LogP contribution in [-0.2, 0) is 23.7 Å². The minimum atomic E-state index is -1.60. The van der Waals surface area contributed by atoms with Crippen molar-refractivity contribution in [3.05, 3.63) is 0 Å². The van der Waals surface area contributed by atoms with E-state index >= 15 is 0 Å². The van der Waals surface area contributed by atoms with E-state index in [0.29, 0.717) is 0 Å². The third-order valence-corrected chi connectivity index (χ3v) is 7.55. The van der Waals surface area contributed by atoms with E-state index in [2.05, 4.69) is 5.32 Å². The van der Waals surface area contributed by atoms with Crippen molar-refractivity contribution in [3.63, 3.8) is 0 Å². The number of ether oxygens (including phenoxy) is 4. The Balaban J connectivity index is 1.83. The molecule has 0 aromatic rings. The number of hydrogen-bond acceptors (Lipinski definition) is 16. The quantitative estimate of drug-likeness (QED) is 0.123. The van der Waals surface area contributed by atoms with Crippen molar-refractivity contribution in [1.82, 2.24) is 5.32 Å². The molecule has 0 unspecified atom stereocenters. The van der Waals surface area contributed by atoms with Crippen molar-refractivity contribution in [3.8, 4) is 0 Å². The van der Waals surface area contributed by atoms with Gasteiger partial charge < -0.3 is 83.6 Å². The van der Waals surface area contributed by atoms with Gasteiger partial charge in [0.05, 0.1) is 30.3 Å². The van der Waals surface area contributed by atoms with Crippen molar-refractivity contribution in [2.45, 2.75) is 118 Å². The van der Waals surface area contributed by atoms with E-state index in [-0.39, 0.29) is 25.9 Å². The Kier molecular flexibility index (Phi) is 11.4. The molecular weight excluding hydrogens is 524 g/mol. The molecule has 0 aromatic carbocycles. The molecule has 2 aliphatic heterocycles. The van der Waals surface area contributed by atoms with Crippen LogP contribution >= 0.6 is 0 Å². The summed E-state index contributed by atoms with van der Waals surface area (Å²) < 4.78 is 23.0. The summed E-state index contributed by atoms with van der Waals surface area (Å²) in [6.45, 7) is 1.41. The second-order valence-electron chi connectivity index (χ2n) is 10.4. The van der Waals surface area contributed by atoms with Crippen LogP contribution in [0.5, 0.6) is 0 Å². The molecule has 0 spiro atoms. The van der Waals surface area contributed by atoms with E-state index in [1.54, 1.807) is 0 Å². The molecule has 3 rings (SSSR count). The molecule has 0 radical (unpaired) electrons. The van der Waals surface area contributed by atoms with Crippen LogP contribution in [0.2, 0.25) is 0 Å². The van der Waals surface area contributed by atoms with E-state index in [0.717, 1.165) is 0 Å². The van der Waals surface area contributed by atoms with E-state index < -0.39 is 104 Å². The zero-order chi connectivity index (χ0) is 29.2. The standard InChI is InChI=1S/C22H44N6O11/c1-6-13(30)11(26)16(33)22(36-6)39-19-8(28-20(35)9(29)2-3-23)4-7(25)18(17(19)34)38-21-12(27)15(32)14(31)10(5-24)37-21/h6-19,21-22,29-34H,2-5,23-27H2,1H3,(H,28,35)/t6-,7+,8-,9+,10-,11+,12-,13-,14-,15-,16-,17+,18-,19+,21-,22-/m1/s1. The zero-order valence-electron chi connectivity index (χ0n) is 21.7. The first kappa shape index (κ1) is 32.4. The van der Waals surface area contributed by atoms with Gasteiger partial charge in [0.15, 0.2) is 12.6 Å². The smallest absolute Gasteiger partial charge is 0.249 e. The number of aliphatic hydroxyl groups is 6. The van der Waals surface area contributed by atoms with Gasteiger partial charge in [-0.25, -0.2) is 0 Å². The molecule has 17 heteroatoms. The van der Waals surface area contributed by atoms with Crippen molar-refractivity contribution in [2.75, 3.05) is 13.1 Å². The maximum absolute atomic E-state index is 12.6. The number of nitrogens with two attached hydrogens (primary N) is 5. The first-order valence-corrected chi connectivity index (χ1v) is 13.0. The second-order valence-corrected chi connectivity index (χ2v) is 10.4. The van der Waals surface area contributed by atoms with Crippen molar-refractivity contribution in [2.24, 2.45) is 28.7 Å².